The number of thiophene rings is 1. The number of hydrogen-bond donors (Lipinski definition) is 0. The fourth-order valence-electron chi connectivity index (χ4n) is 4.63. The molecule has 1 saturated carbocycles. The minimum absolute atomic E-state index is 0.0351. The Hall–Kier alpha value is -3.43. The number of esters is 1. The number of methoxy groups -OCH3 is 1. The number of pyridine rings is 1. The van der Waals surface area contributed by atoms with Crippen LogP contribution in [0.3, 0.4) is 0 Å². The second kappa shape index (κ2) is 8.66. The molecule has 2 aliphatic rings. The van der Waals surface area contributed by atoms with Crippen LogP contribution in [-0.4, -0.2) is 30.2 Å². The number of nitrogens with zero attached hydrogens (tertiary/aromatic N) is 4. The minimum atomic E-state index is -3.12. The van der Waals surface area contributed by atoms with Gasteiger partial charge in [-0.2, -0.15) is 0 Å². The average molecular weight is 501 g/mol. The van der Waals surface area contributed by atoms with E-state index in [1.54, 1.807) is 19.1 Å². The van der Waals surface area contributed by atoms with E-state index in [-0.39, 0.29) is 24.6 Å². The normalized spacial score (nSPS) is 18.6. The van der Waals surface area contributed by atoms with E-state index < -0.39 is 29.8 Å². The molecule has 2 aromatic heterocycles. The van der Waals surface area contributed by atoms with E-state index in [1.807, 2.05) is 10.6 Å². The molecule has 5 rings (SSSR count). The maximum absolute atomic E-state index is 14.5. The summed E-state index contributed by atoms with van der Waals surface area (Å²) in [6.45, 7) is 1.83. The van der Waals surface area contributed by atoms with E-state index in [4.69, 9.17) is 15.0 Å². The topological polar surface area (TPSA) is 106 Å². The van der Waals surface area contributed by atoms with Gasteiger partial charge in [0.25, 0.3) is 5.92 Å². The fraction of sp³-hybridized carbons (Fsp3) is 0.417. The van der Waals surface area contributed by atoms with Crippen LogP contribution in [0.5, 0.6) is 5.75 Å². The molecule has 2 aliphatic carbocycles. The average Bonchev–Trinajstić information content (AvgIpc) is 3.59. The number of fused-ring (bicyclic) bond motifs is 2. The lowest BCUT2D eigenvalue weighted by atomic mass is 9.91. The van der Waals surface area contributed by atoms with Gasteiger partial charge in [-0.3, -0.25) is 4.79 Å². The lowest BCUT2D eigenvalue weighted by Gasteiger charge is -2.27. The molecule has 1 aromatic carbocycles. The molecular formula is C24H22F2N4O4S. The van der Waals surface area contributed by atoms with Crippen molar-refractivity contribution >= 4 is 28.2 Å². The number of carbonyl (C=O) groups is 1. The molecule has 3 aromatic rings. The molecule has 0 bridgehead atoms. The Morgan fingerprint density at radius 2 is 2.14 bits per heavy atom. The highest BCUT2D eigenvalue weighted by Gasteiger charge is 2.45. The summed E-state index contributed by atoms with van der Waals surface area (Å²) in [6, 6.07) is 3.71. The Bertz CT molecular complexity index is 1450. The summed E-state index contributed by atoms with van der Waals surface area (Å²) in [6.07, 6.45) is 3.09. The molecular weight excluding hydrogens is 478 g/mol. The maximum Gasteiger partial charge on any atom is 0.343 e. The van der Waals surface area contributed by atoms with Crippen molar-refractivity contribution in [3.05, 3.63) is 61.1 Å². The lowest BCUT2D eigenvalue weighted by molar-refractivity contribution is -0.0382. The highest BCUT2D eigenvalue weighted by atomic mass is 32.1. The van der Waals surface area contributed by atoms with Crippen LogP contribution in [0.2, 0.25) is 0 Å². The number of benzene rings is 1. The molecule has 0 saturated heterocycles. The van der Waals surface area contributed by atoms with Gasteiger partial charge in [0, 0.05) is 38.9 Å². The maximum atomic E-state index is 14.5. The first-order valence-electron chi connectivity index (χ1n) is 11.3. The highest BCUT2D eigenvalue weighted by molar-refractivity contribution is 7.15. The quantitative estimate of drug-likeness (QED) is 0.174. The number of alkyl halides is 2. The summed E-state index contributed by atoms with van der Waals surface area (Å²) >= 11 is 1.14. The highest BCUT2D eigenvalue weighted by Crippen LogP contribution is 2.51. The summed E-state index contributed by atoms with van der Waals surface area (Å²) < 4.78 is 41.7. The first-order valence-corrected chi connectivity index (χ1v) is 12.1. The van der Waals surface area contributed by atoms with Crippen LogP contribution in [0.1, 0.15) is 59.1 Å². The standard InChI is InChI=1S/C24H22F2N4O4S/c1-3-34-23(32)16-11-30(13-4-5-13)18-15(19(16)31)7-6-14(20(18)33-2)17-10-12-8-9-24(25,26)22(28-29-27)21(12)35-17/h6-7,10-11,13,22H,3-5,8-9H2,1-2H3. The van der Waals surface area contributed by atoms with Crippen molar-refractivity contribution in [1.82, 2.24) is 4.57 Å². The predicted molar refractivity (Wildman–Crippen MR) is 127 cm³/mol. The van der Waals surface area contributed by atoms with Crippen LogP contribution in [0.4, 0.5) is 8.78 Å². The van der Waals surface area contributed by atoms with E-state index >= 15 is 0 Å². The van der Waals surface area contributed by atoms with Crippen molar-refractivity contribution in [1.29, 1.82) is 0 Å². The molecule has 35 heavy (non-hydrogen) atoms. The number of aryl methyl sites for hydroxylation is 1. The number of halogens is 2. The van der Waals surface area contributed by atoms with Crippen molar-refractivity contribution in [2.24, 2.45) is 5.11 Å². The third kappa shape index (κ3) is 3.84. The van der Waals surface area contributed by atoms with Gasteiger partial charge in [-0.1, -0.05) is 5.11 Å². The van der Waals surface area contributed by atoms with E-state index in [0.717, 1.165) is 24.2 Å². The molecule has 1 unspecified atom stereocenters. The van der Waals surface area contributed by atoms with Crippen LogP contribution in [0.25, 0.3) is 31.8 Å². The molecule has 0 spiro atoms. The van der Waals surface area contributed by atoms with E-state index in [9.17, 15) is 18.4 Å². The second-order valence-electron chi connectivity index (χ2n) is 8.64. The van der Waals surface area contributed by atoms with Crippen molar-refractivity contribution in [2.45, 2.75) is 50.6 Å². The van der Waals surface area contributed by atoms with Crippen LogP contribution in [0, 0.1) is 0 Å². The predicted octanol–water partition coefficient (Wildman–Crippen LogP) is 6.18. The summed E-state index contributed by atoms with van der Waals surface area (Å²) in [4.78, 5) is 29.3. The zero-order valence-corrected chi connectivity index (χ0v) is 19.9. The zero-order chi connectivity index (χ0) is 24.9. The van der Waals surface area contributed by atoms with E-state index in [2.05, 4.69) is 10.0 Å². The third-order valence-electron chi connectivity index (χ3n) is 6.44. The number of rotatable bonds is 6. The van der Waals surface area contributed by atoms with Gasteiger partial charge in [-0.25, -0.2) is 13.6 Å². The van der Waals surface area contributed by atoms with Crippen LogP contribution in [-0.2, 0) is 11.2 Å². The van der Waals surface area contributed by atoms with Gasteiger partial charge in [-0.15, -0.1) is 11.3 Å². The molecule has 8 nitrogen and oxygen atoms in total. The molecule has 182 valence electrons. The number of aromatic nitrogens is 1. The SMILES string of the molecule is CCOC(=O)c1cn(C2CC2)c2c(OC)c(-c3cc4c(s3)C(N=[N+]=[N-])C(F)(F)CC4)ccc2c1=O. The summed E-state index contributed by atoms with van der Waals surface area (Å²) in [5.74, 6) is -3.37. The molecule has 11 heteroatoms. The van der Waals surface area contributed by atoms with Gasteiger partial charge in [0.1, 0.15) is 11.6 Å². The zero-order valence-electron chi connectivity index (χ0n) is 19.1. The van der Waals surface area contributed by atoms with Crippen LogP contribution < -0.4 is 10.2 Å². The van der Waals surface area contributed by atoms with Gasteiger partial charge in [0.15, 0.2) is 5.75 Å². The summed E-state index contributed by atoms with van der Waals surface area (Å²) in [5, 5.41) is 3.72. The van der Waals surface area contributed by atoms with Crippen molar-refractivity contribution in [3.8, 4) is 16.2 Å². The molecule has 0 amide bonds. The van der Waals surface area contributed by atoms with Gasteiger partial charge in [0.2, 0.25) is 5.43 Å². The van der Waals surface area contributed by atoms with Gasteiger partial charge in [-0.05, 0) is 55.5 Å². The van der Waals surface area contributed by atoms with Crippen molar-refractivity contribution < 1.29 is 23.0 Å². The Balaban J connectivity index is 1.72. The lowest BCUT2D eigenvalue weighted by Crippen LogP contribution is -2.29. The minimum Gasteiger partial charge on any atom is -0.494 e. The van der Waals surface area contributed by atoms with Crippen molar-refractivity contribution in [2.75, 3.05) is 13.7 Å². The Morgan fingerprint density at radius 1 is 1.37 bits per heavy atom. The molecule has 1 fully saturated rings. The molecule has 2 heterocycles. The molecule has 0 radical (unpaired) electrons. The fourth-order valence-corrected chi connectivity index (χ4v) is 5.97. The first-order chi connectivity index (χ1) is 16.8. The van der Waals surface area contributed by atoms with E-state index in [0.29, 0.717) is 37.5 Å². The van der Waals surface area contributed by atoms with Gasteiger partial charge in [0.05, 0.1) is 24.6 Å². The second-order valence-corrected chi connectivity index (χ2v) is 9.73. The largest absolute Gasteiger partial charge is 0.494 e. The van der Waals surface area contributed by atoms with Crippen LogP contribution in [0.15, 0.2) is 34.3 Å². The van der Waals surface area contributed by atoms with Gasteiger partial charge >= 0.3 is 5.97 Å². The molecule has 1 atom stereocenters. The monoisotopic (exact) mass is 500 g/mol. The van der Waals surface area contributed by atoms with Gasteiger partial charge < -0.3 is 14.0 Å². The number of azide groups is 1. The third-order valence-corrected chi connectivity index (χ3v) is 7.70. The van der Waals surface area contributed by atoms with Crippen molar-refractivity contribution in [3.63, 3.8) is 0 Å². The Morgan fingerprint density at radius 3 is 2.80 bits per heavy atom. The first kappa shape index (κ1) is 23.3. The smallest absolute Gasteiger partial charge is 0.343 e. The molecule has 0 aliphatic heterocycles. The number of carbonyl (C=O) groups excluding carboxylic acids is 1. The summed E-state index contributed by atoms with van der Waals surface area (Å²) in [7, 11) is 1.49. The Kier molecular flexibility index (Phi) is 5.77. The Labute approximate surface area is 202 Å². The number of ether oxygens (including phenoxy) is 2. The summed E-state index contributed by atoms with van der Waals surface area (Å²) in [5.41, 5.74) is 10.3. The van der Waals surface area contributed by atoms with Crippen LogP contribution >= 0.6 is 11.3 Å². The number of hydrogen-bond acceptors (Lipinski definition) is 6. The van der Waals surface area contributed by atoms with E-state index in [1.165, 1.54) is 13.3 Å². The molecule has 0 N–H and O–H groups in total.